The van der Waals surface area contributed by atoms with E-state index in [1.165, 1.54) is 68.1 Å². The number of aryl methyl sites for hydroxylation is 1. The van der Waals surface area contributed by atoms with Gasteiger partial charge >= 0.3 is 0 Å². The normalized spacial score (nSPS) is 14.3. The highest BCUT2D eigenvalue weighted by atomic mass is 35.5. The molecule has 0 N–H and O–H groups in total. The zero-order chi connectivity index (χ0) is 20.4. The van der Waals surface area contributed by atoms with Gasteiger partial charge in [0.1, 0.15) is 10.3 Å². The van der Waals surface area contributed by atoms with Crippen molar-refractivity contribution in [1.82, 2.24) is 9.80 Å². The summed E-state index contributed by atoms with van der Waals surface area (Å²) >= 11 is 13.0. The van der Waals surface area contributed by atoms with Gasteiger partial charge in [0.05, 0.1) is 6.67 Å². The van der Waals surface area contributed by atoms with E-state index in [2.05, 4.69) is 48.4 Å². The second-order valence-electron chi connectivity index (χ2n) is 7.83. The molecule has 2 rings (SSSR count). The van der Waals surface area contributed by atoms with Crippen LogP contribution in [-0.4, -0.2) is 29.6 Å². The molecule has 1 aliphatic rings. The minimum atomic E-state index is 0.689. The first-order chi connectivity index (χ1) is 13.6. The quantitative estimate of drug-likeness (QED) is 0.239. The average molecular weight is 423 g/mol. The molecule has 1 aromatic carbocycles. The Morgan fingerprint density at radius 2 is 1.54 bits per heavy atom. The maximum absolute atomic E-state index is 6.52. The molecule has 0 fully saturated rings. The number of nitrogens with zero attached hydrogens (tertiary/aromatic N) is 2. The zero-order valence-electron chi connectivity index (χ0n) is 17.7. The van der Waals surface area contributed by atoms with Gasteiger partial charge in [0.2, 0.25) is 0 Å². The molecular formula is C24H36Cl2N2. The van der Waals surface area contributed by atoms with Crippen LogP contribution >= 0.6 is 23.2 Å². The van der Waals surface area contributed by atoms with Crippen LogP contribution < -0.4 is 0 Å². The number of benzene rings is 1. The summed E-state index contributed by atoms with van der Waals surface area (Å²) in [7, 11) is 0. The van der Waals surface area contributed by atoms with E-state index in [0.29, 0.717) is 10.3 Å². The van der Waals surface area contributed by atoms with Crippen LogP contribution in [0, 0.1) is 6.92 Å². The van der Waals surface area contributed by atoms with Gasteiger partial charge in [-0.2, -0.15) is 0 Å². The van der Waals surface area contributed by atoms with Crippen molar-refractivity contribution in [2.75, 3.05) is 19.8 Å². The SMILES string of the molecule is C=Cc1c(C)cccc1CCN1CN(CCCCCCCCCC)C(Cl)=C1Cl. The first kappa shape index (κ1) is 23.2. The standard InChI is InChI=1S/C24H36Cl2N2/c1-4-6-7-8-9-10-11-12-17-27-19-28(24(26)23(27)25)18-16-21-15-13-14-20(3)22(21)5-2/h5,13-15H,2,4,6-12,16-19H2,1,3H3. The third-order valence-electron chi connectivity index (χ3n) is 5.62. The largest absolute Gasteiger partial charge is 0.342 e. The van der Waals surface area contributed by atoms with Crippen molar-refractivity contribution in [2.45, 2.75) is 71.6 Å². The molecular weight excluding hydrogens is 387 g/mol. The Hall–Kier alpha value is -1.12. The summed E-state index contributed by atoms with van der Waals surface area (Å²) in [6, 6.07) is 6.42. The van der Waals surface area contributed by atoms with E-state index in [-0.39, 0.29) is 0 Å². The van der Waals surface area contributed by atoms with E-state index in [9.17, 15) is 0 Å². The van der Waals surface area contributed by atoms with Crippen LogP contribution in [0.1, 0.15) is 75.0 Å². The van der Waals surface area contributed by atoms with E-state index in [1.807, 2.05) is 6.08 Å². The Morgan fingerprint density at radius 1 is 0.929 bits per heavy atom. The molecule has 0 radical (unpaired) electrons. The first-order valence-corrected chi connectivity index (χ1v) is 11.6. The van der Waals surface area contributed by atoms with Crippen LogP contribution in [0.3, 0.4) is 0 Å². The van der Waals surface area contributed by atoms with E-state index in [0.717, 1.165) is 26.2 Å². The smallest absolute Gasteiger partial charge is 0.141 e. The van der Waals surface area contributed by atoms with E-state index in [1.54, 1.807) is 0 Å². The van der Waals surface area contributed by atoms with Crippen molar-refractivity contribution >= 4 is 29.3 Å². The number of unbranched alkanes of at least 4 members (excludes halogenated alkanes) is 7. The molecule has 4 heteroatoms. The van der Waals surface area contributed by atoms with Gasteiger partial charge in [-0.05, 0) is 36.5 Å². The van der Waals surface area contributed by atoms with Gasteiger partial charge in [-0.25, -0.2) is 0 Å². The molecule has 0 saturated heterocycles. The van der Waals surface area contributed by atoms with Crippen LogP contribution in [-0.2, 0) is 6.42 Å². The van der Waals surface area contributed by atoms with Crippen molar-refractivity contribution in [3.05, 3.63) is 51.8 Å². The van der Waals surface area contributed by atoms with Gasteiger partial charge < -0.3 is 9.80 Å². The number of halogens is 2. The molecule has 0 amide bonds. The van der Waals surface area contributed by atoms with Crippen molar-refractivity contribution in [3.63, 3.8) is 0 Å². The Bertz CT molecular complexity index is 654. The molecule has 0 bridgehead atoms. The summed E-state index contributed by atoms with van der Waals surface area (Å²) in [6.45, 7) is 11.0. The van der Waals surface area contributed by atoms with Gasteiger partial charge in [0.25, 0.3) is 0 Å². The second-order valence-corrected chi connectivity index (χ2v) is 8.54. The fourth-order valence-corrected chi connectivity index (χ4v) is 4.39. The zero-order valence-corrected chi connectivity index (χ0v) is 19.2. The third-order valence-corrected chi connectivity index (χ3v) is 6.55. The topological polar surface area (TPSA) is 6.48 Å². The summed E-state index contributed by atoms with van der Waals surface area (Å²) in [4.78, 5) is 4.40. The highest BCUT2D eigenvalue weighted by molar-refractivity contribution is 6.38. The molecule has 0 spiro atoms. The minimum Gasteiger partial charge on any atom is -0.342 e. The fraction of sp³-hybridized carbons (Fsp3) is 0.583. The highest BCUT2D eigenvalue weighted by Gasteiger charge is 2.26. The van der Waals surface area contributed by atoms with Crippen LogP contribution in [0.25, 0.3) is 6.08 Å². The molecule has 0 unspecified atom stereocenters. The van der Waals surface area contributed by atoms with Gasteiger partial charge in [-0.15, -0.1) is 0 Å². The van der Waals surface area contributed by atoms with Crippen molar-refractivity contribution < 1.29 is 0 Å². The molecule has 1 heterocycles. The molecule has 1 aromatic rings. The van der Waals surface area contributed by atoms with E-state index in [4.69, 9.17) is 23.2 Å². The summed E-state index contributed by atoms with van der Waals surface area (Å²) in [5, 5.41) is 1.40. The maximum Gasteiger partial charge on any atom is 0.141 e. The Kier molecular flexibility index (Phi) is 10.3. The number of rotatable bonds is 13. The van der Waals surface area contributed by atoms with Crippen LogP contribution in [0.5, 0.6) is 0 Å². The van der Waals surface area contributed by atoms with Crippen molar-refractivity contribution in [3.8, 4) is 0 Å². The summed E-state index contributed by atoms with van der Waals surface area (Å²) in [5.41, 5.74) is 3.82. The Balaban J connectivity index is 1.74. The molecule has 156 valence electrons. The molecule has 28 heavy (non-hydrogen) atoms. The van der Waals surface area contributed by atoms with Crippen molar-refractivity contribution in [2.24, 2.45) is 0 Å². The van der Waals surface area contributed by atoms with E-state index >= 15 is 0 Å². The molecule has 0 aliphatic carbocycles. The predicted molar refractivity (Wildman–Crippen MR) is 125 cm³/mol. The highest BCUT2D eigenvalue weighted by Crippen LogP contribution is 2.30. The van der Waals surface area contributed by atoms with Crippen LogP contribution in [0.4, 0.5) is 0 Å². The van der Waals surface area contributed by atoms with Gasteiger partial charge in [0, 0.05) is 13.1 Å². The summed E-state index contributed by atoms with van der Waals surface area (Å²) in [6.07, 6.45) is 13.5. The van der Waals surface area contributed by atoms with E-state index < -0.39 is 0 Å². The summed E-state index contributed by atoms with van der Waals surface area (Å²) in [5.74, 6) is 0. The molecule has 1 aliphatic heterocycles. The molecule has 0 saturated carbocycles. The van der Waals surface area contributed by atoms with Gasteiger partial charge in [0.15, 0.2) is 0 Å². The van der Waals surface area contributed by atoms with Gasteiger partial charge in [-0.3, -0.25) is 0 Å². The molecule has 0 atom stereocenters. The Labute approximate surface area is 182 Å². The van der Waals surface area contributed by atoms with Crippen LogP contribution in [0.15, 0.2) is 35.1 Å². The van der Waals surface area contributed by atoms with Crippen LogP contribution in [0.2, 0.25) is 0 Å². The molecule has 0 aromatic heterocycles. The van der Waals surface area contributed by atoms with Gasteiger partial charge in [-0.1, -0.05) is 106 Å². The third kappa shape index (κ3) is 6.74. The lowest BCUT2D eigenvalue weighted by Crippen LogP contribution is -2.29. The lowest BCUT2D eigenvalue weighted by molar-refractivity contribution is 0.256. The number of hydrogen-bond acceptors (Lipinski definition) is 2. The fourth-order valence-electron chi connectivity index (χ4n) is 3.87. The lowest BCUT2D eigenvalue weighted by Gasteiger charge is -2.23. The molecule has 2 nitrogen and oxygen atoms in total. The number of hydrogen-bond donors (Lipinski definition) is 0. The minimum absolute atomic E-state index is 0.689. The average Bonchev–Trinajstić information content (AvgIpc) is 2.96. The Morgan fingerprint density at radius 3 is 2.18 bits per heavy atom. The first-order valence-electron chi connectivity index (χ1n) is 10.8. The van der Waals surface area contributed by atoms with Crippen molar-refractivity contribution in [1.29, 1.82) is 0 Å². The predicted octanol–water partition coefficient (Wildman–Crippen LogP) is 7.50. The lowest BCUT2D eigenvalue weighted by atomic mass is 9.99. The second kappa shape index (κ2) is 12.4. The monoisotopic (exact) mass is 422 g/mol. The summed E-state index contributed by atoms with van der Waals surface area (Å²) < 4.78 is 0. The maximum atomic E-state index is 6.52.